The smallest absolute Gasteiger partial charge is 0.269 e. The van der Waals surface area contributed by atoms with Crippen LogP contribution in [0.15, 0.2) is 78.2 Å². The number of aromatic amines is 1. The summed E-state index contributed by atoms with van der Waals surface area (Å²) in [6.07, 6.45) is 6.47. The Hall–Kier alpha value is -2.87. The lowest BCUT2D eigenvalue weighted by Gasteiger charge is -2.07. The van der Waals surface area contributed by atoms with E-state index in [2.05, 4.69) is 15.0 Å². The molecule has 0 atom stereocenters. The molecule has 0 bridgehead atoms. The number of aromatic nitrogens is 4. The van der Waals surface area contributed by atoms with Crippen molar-refractivity contribution >= 4 is 55.3 Å². The Morgan fingerprint density at radius 1 is 0.867 bits per heavy atom. The molecule has 0 aliphatic heterocycles. The Labute approximate surface area is 183 Å². The number of benzene rings is 1. The fourth-order valence-electron chi connectivity index (χ4n) is 2.93. The number of nitrogens with zero attached hydrogens (tertiary/aromatic N) is 3. The summed E-state index contributed by atoms with van der Waals surface area (Å²) < 4.78 is 26.4. The van der Waals surface area contributed by atoms with E-state index in [1.54, 1.807) is 48.7 Å². The summed E-state index contributed by atoms with van der Waals surface area (Å²) in [7, 11) is -3.66. The summed E-state index contributed by atoms with van der Waals surface area (Å²) in [6.45, 7) is 1.91. The van der Waals surface area contributed by atoms with E-state index in [1.165, 1.54) is 12.4 Å². The third-order valence-electron chi connectivity index (χ3n) is 4.49. The Kier molecular flexibility index (Phi) is 5.51. The maximum Gasteiger partial charge on any atom is 0.269 e. The molecular weight excluding hydrogens is 443 g/mol. The molecule has 5 aromatic rings. The van der Waals surface area contributed by atoms with Crippen LogP contribution in [0.1, 0.15) is 5.56 Å². The maximum absolute atomic E-state index is 12.6. The molecule has 0 saturated carbocycles. The molecule has 1 N–H and O–H groups in total. The van der Waals surface area contributed by atoms with Gasteiger partial charge < -0.3 is 4.98 Å². The van der Waals surface area contributed by atoms with Gasteiger partial charge in [-0.25, -0.2) is 22.4 Å². The van der Waals surface area contributed by atoms with Gasteiger partial charge in [-0.05, 0) is 43.3 Å². The lowest BCUT2D eigenvalue weighted by molar-refractivity contribution is 0.588. The van der Waals surface area contributed by atoms with E-state index in [1.807, 2.05) is 19.2 Å². The molecule has 5 rings (SSSR count). The number of halogens is 2. The first-order valence-corrected chi connectivity index (χ1v) is 11.1. The second-order valence-corrected chi connectivity index (χ2v) is 9.12. The van der Waals surface area contributed by atoms with Crippen molar-refractivity contribution in [3.8, 4) is 0 Å². The van der Waals surface area contributed by atoms with Gasteiger partial charge in [-0.2, -0.15) is 0 Å². The van der Waals surface area contributed by atoms with E-state index in [9.17, 15) is 8.42 Å². The van der Waals surface area contributed by atoms with Gasteiger partial charge in [0.2, 0.25) is 0 Å². The molecule has 0 fully saturated rings. The molecule has 0 aliphatic rings. The molecule has 9 heteroatoms. The molecule has 0 unspecified atom stereocenters. The molecule has 0 spiro atoms. The van der Waals surface area contributed by atoms with Gasteiger partial charge in [0.1, 0.15) is 5.65 Å². The SMILES string of the molecule is Cc1ccc(S(=O)(=O)n2ccc3c(Cl)ccnc32)cc1.Clc1ccnc2[nH]ccc12. The van der Waals surface area contributed by atoms with Crippen molar-refractivity contribution < 1.29 is 8.42 Å². The van der Waals surface area contributed by atoms with Crippen molar-refractivity contribution in [2.24, 2.45) is 0 Å². The summed E-state index contributed by atoms with van der Waals surface area (Å²) >= 11 is 11.9. The molecule has 4 aromatic heterocycles. The van der Waals surface area contributed by atoms with Crippen LogP contribution in [0.3, 0.4) is 0 Å². The lowest BCUT2D eigenvalue weighted by atomic mass is 10.2. The number of pyridine rings is 2. The van der Waals surface area contributed by atoms with Gasteiger partial charge in [-0.3, -0.25) is 0 Å². The van der Waals surface area contributed by atoms with Crippen LogP contribution in [0.5, 0.6) is 0 Å². The summed E-state index contributed by atoms with van der Waals surface area (Å²) in [5, 5.41) is 2.81. The van der Waals surface area contributed by atoms with E-state index in [4.69, 9.17) is 23.2 Å². The predicted molar refractivity (Wildman–Crippen MR) is 120 cm³/mol. The van der Waals surface area contributed by atoms with Crippen LogP contribution in [-0.4, -0.2) is 27.3 Å². The van der Waals surface area contributed by atoms with Crippen LogP contribution in [0.2, 0.25) is 10.0 Å². The summed E-state index contributed by atoms with van der Waals surface area (Å²) in [5.41, 5.74) is 2.17. The number of hydrogen-bond acceptors (Lipinski definition) is 4. The number of H-pyrrole nitrogens is 1. The largest absolute Gasteiger partial charge is 0.346 e. The fraction of sp³-hybridized carbons (Fsp3) is 0.0476. The minimum atomic E-state index is -3.66. The van der Waals surface area contributed by atoms with Crippen LogP contribution in [0, 0.1) is 6.92 Å². The summed E-state index contributed by atoms with van der Waals surface area (Å²) in [5.74, 6) is 0. The quantitative estimate of drug-likeness (QED) is 0.381. The van der Waals surface area contributed by atoms with Gasteiger partial charge >= 0.3 is 0 Å². The first-order chi connectivity index (χ1) is 14.4. The standard InChI is InChI=1S/C14H11ClN2O2S.C7H5ClN2/c1-10-2-4-11(5-3-10)20(18,19)17-9-7-12-13(15)6-8-16-14(12)17;8-6-2-4-10-7-5(6)1-3-9-7/h2-9H,1H3;1-4H,(H,9,10). The molecule has 0 radical (unpaired) electrons. The highest BCUT2D eigenvalue weighted by molar-refractivity contribution is 7.90. The van der Waals surface area contributed by atoms with Gasteiger partial charge in [0.25, 0.3) is 10.0 Å². The number of aryl methyl sites for hydroxylation is 1. The Bertz CT molecular complexity index is 1440. The number of rotatable bonds is 2. The maximum atomic E-state index is 12.6. The van der Waals surface area contributed by atoms with Gasteiger partial charge in [-0.15, -0.1) is 0 Å². The van der Waals surface area contributed by atoms with Gasteiger partial charge in [0.05, 0.1) is 14.9 Å². The zero-order valence-electron chi connectivity index (χ0n) is 15.8. The Morgan fingerprint density at radius 2 is 1.53 bits per heavy atom. The molecule has 0 aliphatic carbocycles. The van der Waals surface area contributed by atoms with Crippen LogP contribution in [-0.2, 0) is 10.0 Å². The second-order valence-electron chi connectivity index (χ2n) is 6.49. The van der Waals surface area contributed by atoms with E-state index >= 15 is 0 Å². The first kappa shape index (κ1) is 20.4. The molecule has 6 nitrogen and oxygen atoms in total. The van der Waals surface area contributed by atoms with Crippen molar-refractivity contribution in [2.45, 2.75) is 11.8 Å². The Balaban J connectivity index is 0.000000181. The highest BCUT2D eigenvalue weighted by atomic mass is 35.5. The molecule has 0 saturated heterocycles. The molecule has 152 valence electrons. The molecular formula is C21H16Cl2N4O2S. The monoisotopic (exact) mass is 458 g/mol. The van der Waals surface area contributed by atoms with Gasteiger partial charge in [-0.1, -0.05) is 40.9 Å². The van der Waals surface area contributed by atoms with Crippen molar-refractivity contribution in [3.63, 3.8) is 0 Å². The summed E-state index contributed by atoms with van der Waals surface area (Å²) in [6, 6.07) is 13.7. The highest BCUT2D eigenvalue weighted by Gasteiger charge is 2.20. The van der Waals surface area contributed by atoms with Crippen molar-refractivity contribution in [1.82, 2.24) is 18.9 Å². The molecule has 4 heterocycles. The van der Waals surface area contributed by atoms with Gasteiger partial charge in [0.15, 0.2) is 5.65 Å². The minimum absolute atomic E-state index is 0.224. The second kappa shape index (κ2) is 8.10. The zero-order chi connectivity index (χ0) is 21.3. The average Bonchev–Trinajstić information content (AvgIpc) is 3.37. The molecule has 30 heavy (non-hydrogen) atoms. The fourth-order valence-corrected chi connectivity index (χ4v) is 4.64. The Morgan fingerprint density at radius 3 is 2.23 bits per heavy atom. The topological polar surface area (TPSA) is 80.6 Å². The van der Waals surface area contributed by atoms with Crippen LogP contribution >= 0.6 is 23.2 Å². The number of nitrogens with one attached hydrogen (secondary N) is 1. The highest BCUT2D eigenvalue weighted by Crippen LogP contribution is 2.25. The molecule has 0 amide bonds. The predicted octanol–water partition coefficient (Wildman–Crippen LogP) is 5.45. The zero-order valence-corrected chi connectivity index (χ0v) is 18.1. The van der Waals surface area contributed by atoms with Crippen molar-refractivity contribution in [3.05, 3.63) is 88.9 Å². The van der Waals surface area contributed by atoms with E-state index < -0.39 is 10.0 Å². The van der Waals surface area contributed by atoms with Crippen molar-refractivity contribution in [2.75, 3.05) is 0 Å². The van der Waals surface area contributed by atoms with Gasteiger partial charge in [0, 0.05) is 35.6 Å². The number of fused-ring (bicyclic) bond motifs is 2. The molecule has 1 aromatic carbocycles. The normalized spacial score (nSPS) is 11.4. The third-order valence-corrected chi connectivity index (χ3v) is 6.83. The third kappa shape index (κ3) is 3.79. The summed E-state index contributed by atoms with van der Waals surface area (Å²) in [4.78, 5) is 11.4. The minimum Gasteiger partial charge on any atom is -0.346 e. The first-order valence-electron chi connectivity index (χ1n) is 8.89. The van der Waals surface area contributed by atoms with E-state index in [0.717, 1.165) is 25.6 Å². The van der Waals surface area contributed by atoms with Crippen LogP contribution < -0.4 is 0 Å². The average molecular weight is 459 g/mol. The van der Waals surface area contributed by atoms with E-state index in [-0.39, 0.29) is 4.90 Å². The van der Waals surface area contributed by atoms with Crippen molar-refractivity contribution in [1.29, 1.82) is 0 Å². The van der Waals surface area contributed by atoms with Crippen LogP contribution in [0.4, 0.5) is 0 Å². The van der Waals surface area contributed by atoms with E-state index in [0.29, 0.717) is 16.1 Å². The lowest BCUT2D eigenvalue weighted by Crippen LogP contribution is -2.12. The number of hydrogen-bond donors (Lipinski definition) is 1. The van der Waals surface area contributed by atoms with Crippen LogP contribution in [0.25, 0.3) is 22.1 Å².